The van der Waals surface area contributed by atoms with Crippen molar-refractivity contribution >= 4 is 31.7 Å². The fourth-order valence-corrected chi connectivity index (χ4v) is 25.2. The molecule has 8 rings (SSSR count). The molecule has 8 aromatic rings. The molecule has 0 heterocycles. The predicted octanol–water partition coefficient (Wildman–Crippen LogP) is 16.6. The van der Waals surface area contributed by atoms with Crippen LogP contribution in [0.1, 0.15) is 44.5 Å². The summed E-state index contributed by atoms with van der Waals surface area (Å²) in [5.41, 5.74) is 12.1. The smallest absolute Gasteiger partial charge is 0.156 e. The molecule has 0 aliphatic heterocycles. The first-order valence-corrected chi connectivity index (χ1v) is 31.5. The summed E-state index contributed by atoms with van der Waals surface area (Å²) in [5.74, 6) is 2.87. The summed E-state index contributed by atoms with van der Waals surface area (Å²) < 4.78 is 0. The van der Waals surface area contributed by atoms with Crippen LogP contribution in [0, 0.1) is 35.5 Å². The van der Waals surface area contributed by atoms with E-state index in [1.165, 1.54) is 106 Å². The largest absolute Gasteiger partial charge is 0.512 e. The minimum Gasteiger partial charge on any atom is -0.512 e. The Hall–Kier alpha value is -4.67. The van der Waals surface area contributed by atoms with E-state index in [0.29, 0.717) is 0 Å². The molecule has 0 spiro atoms. The normalized spacial score (nSPS) is 9.97. The van der Waals surface area contributed by atoms with Crippen LogP contribution in [0.2, 0.25) is 0 Å². The van der Waals surface area contributed by atoms with Gasteiger partial charge in [0.05, 0.1) is 49.3 Å². The second-order valence-corrected chi connectivity index (χ2v) is 28.3. The van der Waals surface area contributed by atoms with Gasteiger partial charge in [0.15, 0.2) is 11.8 Å². The van der Waals surface area contributed by atoms with Gasteiger partial charge < -0.3 is 35.5 Å². The molecular weight excluding hydrogens is 1290 g/mol. The monoisotopic (exact) mass is 1350 g/mol. The minimum absolute atomic E-state index is 0. The van der Waals surface area contributed by atoms with Crippen molar-refractivity contribution in [3.05, 3.63) is 307 Å². The van der Waals surface area contributed by atoms with Crippen molar-refractivity contribution in [2.45, 2.75) is 49.3 Å². The minimum atomic E-state index is -0.541. The maximum Gasteiger partial charge on any atom is 0.156 e. The van der Waals surface area contributed by atoms with Gasteiger partial charge in [0, 0.05) is 73.8 Å². The third kappa shape index (κ3) is 24.9. The van der Waals surface area contributed by atoms with Crippen molar-refractivity contribution in [2.24, 2.45) is 0 Å². The summed E-state index contributed by atoms with van der Waals surface area (Å²) in [7, 11) is -2.16. The zero-order valence-electron chi connectivity index (χ0n) is 39.6. The molecule has 0 fully saturated rings. The fourth-order valence-electron chi connectivity index (χ4n) is 8.53. The standard InChI is InChI=1S/2C29H30P2.3CN.2Pt/c2*1-5-13-26(14-6-1)21-30(22-27-15-7-2-8-16-27)25-31(23-28-17-9-3-10-18-28)24-29-19-11-4-12-20-29;3*1-2;;/h2*1-20H,21-25H2;;;;;/q;;3*-1;;/p+4. The van der Waals surface area contributed by atoms with Crippen molar-refractivity contribution in [1.82, 2.24) is 0 Å². The number of rotatable bonds is 20. The van der Waals surface area contributed by atoms with E-state index < -0.39 is 31.7 Å². The summed E-state index contributed by atoms with van der Waals surface area (Å²) in [6.07, 6.45) is 10.1. The Morgan fingerprint density at radius 3 is 0.400 bits per heavy atom. The van der Waals surface area contributed by atoms with E-state index in [-0.39, 0.29) is 42.1 Å². The molecule has 0 saturated heterocycles. The molecule has 0 aromatic heterocycles. The van der Waals surface area contributed by atoms with Crippen molar-refractivity contribution in [2.75, 3.05) is 11.8 Å². The molecule has 362 valence electrons. The van der Waals surface area contributed by atoms with Crippen LogP contribution < -0.4 is 0 Å². The van der Waals surface area contributed by atoms with E-state index in [2.05, 4.69) is 243 Å². The molecule has 0 amide bonds. The average molecular weight is 1350 g/mol. The molecule has 70 heavy (non-hydrogen) atoms. The quantitative estimate of drug-likeness (QED) is 0.0564. The van der Waals surface area contributed by atoms with Gasteiger partial charge in [-0.1, -0.05) is 243 Å². The summed E-state index contributed by atoms with van der Waals surface area (Å²) in [4.78, 5) is 0. The Morgan fingerprint density at radius 1 is 0.200 bits per heavy atom. The van der Waals surface area contributed by atoms with Gasteiger partial charge in [-0.3, -0.25) is 0 Å². The van der Waals surface area contributed by atoms with Crippen LogP contribution in [0.25, 0.3) is 0 Å². The van der Waals surface area contributed by atoms with E-state index in [0.717, 1.165) is 0 Å². The van der Waals surface area contributed by atoms with E-state index in [1.54, 1.807) is 0 Å². The fraction of sp³-hybridized carbons (Fsp3) is 0.164. The Bertz CT molecular complexity index is 2000. The maximum atomic E-state index is 6.25. The molecule has 0 N–H and O–H groups in total. The summed E-state index contributed by atoms with van der Waals surface area (Å²) in [6.45, 7) is 14.2. The molecule has 9 heteroatoms. The second-order valence-electron chi connectivity index (χ2n) is 16.7. The van der Waals surface area contributed by atoms with Gasteiger partial charge >= 0.3 is 0 Å². The van der Waals surface area contributed by atoms with Crippen molar-refractivity contribution < 1.29 is 42.1 Å². The van der Waals surface area contributed by atoms with E-state index >= 15 is 0 Å². The third-order valence-corrected chi connectivity index (χ3v) is 26.6. The van der Waals surface area contributed by atoms with Gasteiger partial charge in [-0.05, 0) is 44.5 Å². The molecule has 0 bridgehead atoms. The summed E-state index contributed by atoms with van der Waals surface area (Å²) >= 11 is 0. The predicted molar refractivity (Wildman–Crippen MR) is 299 cm³/mol. The first kappa shape index (κ1) is 61.4. The number of benzene rings is 8. The first-order chi connectivity index (χ1) is 33.7. The molecule has 0 unspecified atom stereocenters. The Morgan fingerprint density at radius 2 is 0.300 bits per heavy atom. The van der Waals surface area contributed by atoms with Gasteiger partial charge in [-0.25, -0.2) is 0 Å². The zero-order valence-corrected chi connectivity index (χ0v) is 48.2. The summed E-state index contributed by atoms with van der Waals surface area (Å²) in [6, 6.07) is 89.2. The molecular formula is C61H64N3P4Pt2+. The van der Waals surface area contributed by atoms with E-state index in [9.17, 15) is 0 Å². The van der Waals surface area contributed by atoms with E-state index in [4.69, 9.17) is 35.5 Å². The Labute approximate surface area is 454 Å². The topological polar surface area (TPSA) is 71.4 Å². The number of hydrogen-bond acceptors (Lipinski definition) is 3. The van der Waals surface area contributed by atoms with Crippen LogP contribution in [0.4, 0.5) is 0 Å². The molecule has 0 atom stereocenters. The molecule has 3 nitrogen and oxygen atoms in total. The van der Waals surface area contributed by atoms with Crippen LogP contribution >= 0.6 is 31.7 Å². The molecule has 0 aliphatic carbocycles. The molecule has 8 aromatic carbocycles. The van der Waals surface area contributed by atoms with Crippen LogP contribution in [0.15, 0.2) is 243 Å². The number of hydrogen-bond donors (Lipinski definition) is 0. The molecule has 0 aliphatic rings. The Kier molecular flexibility index (Phi) is 34.2. The van der Waals surface area contributed by atoms with Crippen LogP contribution in [-0.2, 0) is 91.4 Å². The maximum absolute atomic E-state index is 6.25. The zero-order chi connectivity index (χ0) is 48.3. The van der Waals surface area contributed by atoms with Gasteiger partial charge in [0.2, 0.25) is 0 Å². The van der Waals surface area contributed by atoms with Crippen molar-refractivity contribution in [1.29, 1.82) is 15.8 Å². The van der Waals surface area contributed by atoms with Gasteiger partial charge in [-0.15, -0.1) is 0 Å². The van der Waals surface area contributed by atoms with Crippen molar-refractivity contribution in [3.63, 3.8) is 0 Å². The van der Waals surface area contributed by atoms with Gasteiger partial charge in [0.1, 0.15) is 0 Å². The van der Waals surface area contributed by atoms with Gasteiger partial charge in [0.25, 0.3) is 0 Å². The average Bonchev–Trinajstić information content (AvgIpc) is 3.41. The third-order valence-electron chi connectivity index (χ3n) is 11.4. The SMILES string of the molecule is [C-]#N.[C-]#N.[C-]#N.[Pt].[Pt].c1ccc(C[PH+](Cc2ccccc2)C[PH+](Cc2ccccc2)Cc2ccccc2)cc1.c1ccc(C[PH+](Cc2ccccc2)C[PH+](Cc2ccccc2)Cc2ccccc2)cc1. The Balaban J connectivity index is 0.000000423. The summed E-state index contributed by atoms with van der Waals surface area (Å²) in [5, 5.41) is 18.8. The van der Waals surface area contributed by atoms with Crippen molar-refractivity contribution in [3.8, 4) is 0 Å². The van der Waals surface area contributed by atoms with Crippen LogP contribution in [0.3, 0.4) is 0 Å². The molecule has 0 radical (unpaired) electrons. The molecule has 0 saturated carbocycles. The van der Waals surface area contributed by atoms with Crippen LogP contribution in [0.5, 0.6) is 0 Å². The van der Waals surface area contributed by atoms with E-state index in [1.807, 2.05) is 0 Å². The number of nitrogens with zero attached hydrogens (tertiary/aromatic N) is 3. The van der Waals surface area contributed by atoms with Gasteiger partial charge in [-0.2, -0.15) is 0 Å². The first-order valence-electron chi connectivity index (χ1n) is 23.0. The second kappa shape index (κ2) is 39.0. The van der Waals surface area contributed by atoms with Crippen LogP contribution in [-0.4, -0.2) is 11.8 Å².